The van der Waals surface area contributed by atoms with Gasteiger partial charge in [0.05, 0.1) is 5.02 Å². The van der Waals surface area contributed by atoms with Crippen LogP contribution in [0.15, 0.2) is 12.1 Å². The van der Waals surface area contributed by atoms with E-state index in [1.54, 1.807) is 0 Å². The molecular weight excluding hydrogens is 217 g/mol. The molecule has 82 valence electrons. The molecule has 1 aromatic rings. The molecule has 1 heterocycles. The third-order valence-electron chi connectivity index (χ3n) is 2.86. The van der Waals surface area contributed by atoms with Crippen molar-refractivity contribution in [2.24, 2.45) is 0 Å². The van der Waals surface area contributed by atoms with Gasteiger partial charge in [-0.25, -0.2) is 4.39 Å². The van der Waals surface area contributed by atoms with Gasteiger partial charge in [0, 0.05) is 5.56 Å². The van der Waals surface area contributed by atoms with Crippen molar-refractivity contribution < 1.29 is 9.50 Å². The summed E-state index contributed by atoms with van der Waals surface area (Å²) < 4.78 is 13.6. The highest BCUT2D eigenvalue weighted by atomic mass is 35.5. The van der Waals surface area contributed by atoms with Crippen LogP contribution < -0.4 is 5.32 Å². The number of benzene rings is 1. The van der Waals surface area contributed by atoms with Gasteiger partial charge in [-0.3, -0.25) is 0 Å². The third-order valence-corrected chi connectivity index (χ3v) is 3.17. The summed E-state index contributed by atoms with van der Waals surface area (Å²) in [4.78, 5) is 0. The van der Waals surface area contributed by atoms with Crippen molar-refractivity contribution >= 4 is 11.6 Å². The molecule has 1 aliphatic heterocycles. The summed E-state index contributed by atoms with van der Waals surface area (Å²) in [7, 11) is 0. The lowest BCUT2D eigenvalue weighted by atomic mass is 9.89. The second kappa shape index (κ2) is 4.37. The Bertz CT molecular complexity index is 364. The summed E-state index contributed by atoms with van der Waals surface area (Å²) in [5, 5.41) is 13.2. The van der Waals surface area contributed by atoms with Gasteiger partial charge in [-0.05, 0) is 44.0 Å². The molecule has 1 aromatic carbocycles. The van der Waals surface area contributed by atoms with Gasteiger partial charge in [0.1, 0.15) is 11.6 Å². The summed E-state index contributed by atoms with van der Waals surface area (Å²) in [5.41, 5.74) is 0.379. The maximum atomic E-state index is 13.6. The molecule has 1 saturated heterocycles. The van der Waals surface area contributed by atoms with Crippen LogP contribution >= 0.6 is 11.6 Å². The predicted octanol–water partition coefficient (Wildman–Crippen LogP) is 2.65. The first-order chi connectivity index (χ1) is 7.20. The Morgan fingerprint density at radius 2 is 2.00 bits per heavy atom. The Morgan fingerprint density at radius 1 is 1.33 bits per heavy atom. The van der Waals surface area contributed by atoms with E-state index in [0.717, 1.165) is 25.9 Å². The third kappa shape index (κ3) is 2.08. The molecule has 0 bridgehead atoms. The average molecular weight is 230 g/mol. The van der Waals surface area contributed by atoms with E-state index in [1.165, 1.54) is 12.1 Å². The zero-order chi connectivity index (χ0) is 10.8. The van der Waals surface area contributed by atoms with Crippen LogP contribution in [0.2, 0.25) is 5.02 Å². The van der Waals surface area contributed by atoms with E-state index in [0.29, 0.717) is 5.56 Å². The number of hydrogen-bond donors (Lipinski definition) is 2. The SMILES string of the molecule is Oc1c(Cl)ccc(F)c1C1CCNCC1. The first-order valence-electron chi connectivity index (χ1n) is 5.07. The van der Waals surface area contributed by atoms with E-state index in [9.17, 15) is 9.50 Å². The Balaban J connectivity index is 2.36. The van der Waals surface area contributed by atoms with Crippen LogP contribution in [0.25, 0.3) is 0 Å². The Hall–Kier alpha value is -0.800. The Labute approximate surface area is 93.1 Å². The van der Waals surface area contributed by atoms with Crippen molar-refractivity contribution in [3.8, 4) is 5.75 Å². The van der Waals surface area contributed by atoms with Crippen molar-refractivity contribution in [3.05, 3.63) is 28.5 Å². The second-order valence-electron chi connectivity index (χ2n) is 3.82. The number of aromatic hydroxyl groups is 1. The van der Waals surface area contributed by atoms with Crippen molar-refractivity contribution in [1.82, 2.24) is 5.32 Å². The van der Waals surface area contributed by atoms with Crippen LogP contribution in [0, 0.1) is 5.82 Å². The number of phenols is 1. The summed E-state index contributed by atoms with van der Waals surface area (Å²) in [5.74, 6) is -0.377. The number of rotatable bonds is 1. The largest absolute Gasteiger partial charge is 0.506 e. The number of piperidine rings is 1. The van der Waals surface area contributed by atoms with Gasteiger partial charge in [-0.15, -0.1) is 0 Å². The summed E-state index contributed by atoms with van der Waals surface area (Å²) in [6, 6.07) is 2.70. The average Bonchev–Trinajstić information content (AvgIpc) is 2.26. The van der Waals surface area contributed by atoms with Crippen LogP contribution in [0.4, 0.5) is 4.39 Å². The minimum Gasteiger partial charge on any atom is -0.506 e. The molecule has 2 nitrogen and oxygen atoms in total. The molecule has 0 amide bonds. The van der Waals surface area contributed by atoms with Crippen molar-refractivity contribution in [2.75, 3.05) is 13.1 Å². The lowest BCUT2D eigenvalue weighted by molar-refractivity contribution is 0.409. The zero-order valence-electron chi connectivity index (χ0n) is 8.26. The lowest BCUT2D eigenvalue weighted by Gasteiger charge is -2.24. The van der Waals surface area contributed by atoms with Crippen LogP contribution in [0.5, 0.6) is 5.75 Å². The van der Waals surface area contributed by atoms with Crippen LogP contribution in [0.1, 0.15) is 24.3 Å². The Morgan fingerprint density at radius 3 is 2.67 bits per heavy atom. The van der Waals surface area contributed by atoms with Gasteiger partial charge < -0.3 is 10.4 Å². The molecule has 0 radical (unpaired) electrons. The molecule has 0 spiro atoms. The van der Waals surface area contributed by atoms with E-state index in [-0.39, 0.29) is 22.5 Å². The first-order valence-corrected chi connectivity index (χ1v) is 5.45. The summed E-state index contributed by atoms with van der Waals surface area (Å²) >= 11 is 5.77. The van der Waals surface area contributed by atoms with Gasteiger partial charge in [0.2, 0.25) is 0 Å². The second-order valence-corrected chi connectivity index (χ2v) is 4.22. The van der Waals surface area contributed by atoms with Crippen molar-refractivity contribution in [3.63, 3.8) is 0 Å². The normalized spacial score (nSPS) is 18.0. The van der Waals surface area contributed by atoms with Crippen molar-refractivity contribution in [2.45, 2.75) is 18.8 Å². The molecule has 4 heteroatoms. The number of phenolic OH excluding ortho intramolecular Hbond substituents is 1. The predicted molar refractivity (Wildman–Crippen MR) is 57.9 cm³/mol. The fourth-order valence-electron chi connectivity index (χ4n) is 2.06. The molecule has 2 rings (SSSR count). The molecule has 0 unspecified atom stereocenters. The standard InChI is InChI=1S/C11H13ClFNO/c12-8-1-2-9(13)10(11(8)15)7-3-5-14-6-4-7/h1-2,7,14-15H,3-6H2. The zero-order valence-corrected chi connectivity index (χ0v) is 9.02. The van der Waals surface area contributed by atoms with Gasteiger partial charge in [0.15, 0.2) is 0 Å². The molecule has 1 aliphatic rings. The van der Waals surface area contributed by atoms with E-state index in [4.69, 9.17) is 11.6 Å². The van der Waals surface area contributed by atoms with Crippen LogP contribution in [0.3, 0.4) is 0 Å². The lowest BCUT2D eigenvalue weighted by Crippen LogP contribution is -2.27. The monoisotopic (exact) mass is 229 g/mol. The summed E-state index contributed by atoms with van der Waals surface area (Å²) in [6.07, 6.45) is 1.68. The van der Waals surface area contributed by atoms with Gasteiger partial charge >= 0.3 is 0 Å². The Kier molecular flexibility index (Phi) is 3.12. The van der Waals surface area contributed by atoms with Gasteiger partial charge in [0.25, 0.3) is 0 Å². The molecule has 15 heavy (non-hydrogen) atoms. The van der Waals surface area contributed by atoms with Crippen molar-refractivity contribution in [1.29, 1.82) is 0 Å². The molecule has 0 atom stereocenters. The smallest absolute Gasteiger partial charge is 0.140 e. The highest BCUT2D eigenvalue weighted by Gasteiger charge is 2.23. The summed E-state index contributed by atoms with van der Waals surface area (Å²) in [6.45, 7) is 1.71. The van der Waals surface area contributed by atoms with Gasteiger partial charge in [-0.1, -0.05) is 11.6 Å². The van der Waals surface area contributed by atoms with Gasteiger partial charge in [-0.2, -0.15) is 0 Å². The van der Waals surface area contributed by atoms with E-state index in [1.807, 2.05) is 0 Å². The van der Waals surface area contributed by atoms with Crippen LogP contribution in [-0.2, 0) is 0 Å². The molecular formula is C11H13ClFNO. The molecule has 1 fully saturated rings. The molecule has 2 N–H and O–H groups in total. The fraction of sp³-hybridized carbons (Fsp3) is 0.455. The highest BCUT2D eigenvalue weighted by molar-refractivity contribution is 6.32. The quantitative estimate of drug-likeness (QED) is 0.776. The minimum absolute atomic E-state index is 0.0740. The number of halogens is 2. The molecule has 0 aromatic heterocycles. The molecule has 0 saturated carbocycles. The molecule has 0 aliphatic carbocycles. The van der Waals surface area contributed by atoms with E-state index < -0.39 is 0 Å². The number of hydrogen-bond acceptors (Lipinski definition) is 2. The maximum Gasteiger partial charge on any atom is 0.140 e. The van der Waals surface area contributed by atoms with E-state index >= 15 is 0 Å². The highest BCUT2D eigenvalue weighted by Crippen LogP contribution is 2.38. The maximum absolute atomic E-state index is 13.6. The van der Waals surface area contributed by atoms with Crippen LogP contribution in [-0.4, -0.2) is 18.2 Å². The minimum atomic E-state index is -0.358. The first kappa shape index (κ1) is 10.7. The number of nitrogens with one attached hydrogen (secondary N) is 1. The fourth-order valence-corrected chi connectivity index (χ4v) is 2.22. The van der Waals surface area contributed by atoms with E-state index in [2.05, 4.69) is 5.32 Å². The topological polar surface area (TPSA) is 32.3 Å².